The van der Waals surface area contributed by atoms with Gasteiger partial charge in [0.05, 0.1) is 19.8 Å². The highest BCUT2D eigenvalue weighted by Gasteiger charge is 2.16. The van der Waals surface area contributed by atoms with Gasteiger partial charge in [0, 0.05) is 59.5 Å². The number of ether oxygens (including phenoxy) is 2. The van der Waals surface area contributed by atoms with Gasteiger partial charge in [-0.25, -0.2) is 0 Å². The first kappa shape index (κ1) is 25.6. The third-order valence-electron chi connectivity index (χ3n) is 5.65. The number of unbranched alkanes of at least 4 members (excludes halogenated alkanes) is 1. The molecule has 0 spiro atoms. The van der Waals surface area contributed by atoms with Gasteiger partial charge in [-0.1, -0.05) is 44.5 Å². The van der Waals surface area contributed by atoms with Crippen molar-refractivity contribution in [3.63, 3.8) is 0 Å². The lowest BCUT2D eigenvalue weighted by Gasteiger charge is -2.34. The molecule has 1 aromatic carbocycles. The van der Waals surface area contributed by atoms with E-state index >= 15 is 0 Å². The lowest BCUT2D eigenvalue weighted by molar-refractivity contribution is 0.0487. The van der Waals surface area contributed by atoms with Crippen molar-refractivity contribution in [2.24, 2.45) is 4.99 Å². The van der Waals surface area contributed by atoms with Crippen LogP contribution < -0.4 is 10.6 Å². The number of aliphatic imine (C=N–C) groups is 1. The minimum absolute atomic E-state index is 0.636. The van der Waals surface area contributed by atoms with Crippen LogP contribution in [0.1, 0.15) is 37.8 Å². The third-order valence-corrected chi connectivity index (χ3v) is 5.65. The van der Waals surface area contributed by atoms with E-state index in [4.69, 9.17) is 9.47 Å². The van der Waals surface area contributed by atoms with Crippen LogP contribution in [0.3, 0.4) is 0 Å². The molecule has 2 N–H and O–H groups in total. The van der Waals surface area contributed by atoms with Crippen LogP contribution in [0, 0.1) is 0 Å². The average Bonchev–Trinajstić information content (AvgIpc) is 2.81. The largest absolute Gasteiger partial charge is 0.379 e. The molecular formula is C24H43N5O2. The molecule has 0 amide bonds. The number of hydrogen-bond acceptors (Lipinski definition) is 5. The molecule has 2 rings (SSSR count). The molecule has 0 atom stereocenters. The van der Waals surface area contributed by atoms with Crippen molar-refractivity contribution in [3.8, 4) is 0 Å². The van der Waals surface area contributed by atoms with E-state index in [1.54, 1.807) is 7.05 Å². The fourth-order valence-electron chi connectivity index (χ4n) is 3.60. The third kappa shape index (κ3) is 10.5. The smallest absolute Gasteiger partial charge is 0.191 e. The first-order valence-electron chi connectivity index (χ1n) is 11.9. The summed E-state index contributed by atoms with van der Waals surface area (Å²) in [4.78, 5) is 9.41. The summed E-state index contributed by atoms with van der Waals surface area (Å²) in [5.41, 5.74) is 2.71. The highest BCUT2D eigenvalue weighted by atomic mass is 16.5. The van der Waals surface area contributed by atoms with E-state index in [2.05, 4.69) is 63.5 Å². The predicted octanol–water partition coefficient (Wildman–Crippen LogP) is 2.32. The zero-order chi connectivity index (χ0) is 22.2. The van der Waals surface area contributed by atoms with Gasteiger partial charge in [0.1, 0.15) is 0 Å². The second-order valence-electron chi connectivity index (χ2n) is 7.91. The standard InChI is InChI=1S/C24H43N5O2/c1-4-6-16-30-18-19-31-17-11-26-24(25-3)27-20-22-9-7-8-10-23(22)21-29-14-12-28(5-2)13-15-29/h7-10H,4-6,11-21H2,1-3H3,(H2,25,26,27). The molecule has 7 heteroatoms. The van der Waals surface area contributed by atoms with Gasteiger partial charge in [-0.15, -0.1) is 0 Å². The number of nitrogens with one attached hydrogen (secondary N) is 2. The summed E-state index contributed by atoms with van der Waals surface area (Å²) in [6.45, 7) is 15.4. The Kier molecular flexibility index (Phi) is 13.2. The Morgan fingerprint density at radius 2 is 1.58 bits per heavy atom. The van der Waals surface area contributed by atoms with Crippen LogP contribution in [0.4, 0.5) is 0 Å². The summed E-state index contributed by atoms with van der Waals surface area (Å²) < 4.78 is 11.1. The maximum absolute atomic E-state index is 5.61. The van der Waals surface area contributed by atoms with Crippen LogP contribution in [-0.2, 0) is 22.6 Å². The van der Waals surface area contributed by atoms with E-state index in [9.17, 15) is 0 Å². The van der Waals surface area contributed by atoms with E-state index in [0.717, 1.165) is 64.7 Å². The Balaban J connectivity index is 1.66. The van der Waals surface area contributed by atoms with Crippen molar-refractivity contribution in [1.82, 2.24) is 20.4 Å². The molecule has 1 fully saturated rings. The number of piperazine rings is 1. The first-order valence-corrected chi connectivity index (χ1v) is 11.9. The summed E-state index contributed by atoms with van der Waals surface area (Å²) in [5, 5.41) is 6.76. The topological polar surface area (TPSA) is 61.4 Å². The summed E-state index contributed by atoms with van der Waals surface area (Å²) in [6.07, 6.45) is 2.28. The minimum atomic E-state index is 0.636. The molecule has 0 radical (unpaired) electrons. The molecule has 7 nitrogen and oxygen atoms in total. The maximum Gasteiger partial charge on any atom is 0.191 e. The predicted molar refractivity (Wildman–Crippen MR) is 129 cm³/mol. The van der Waals surface area contributed by atoms with E-state index in [-0.39, 0.29) is 0 Å². The van der Waals surface area contributed by atoms with Gasteiger partial charge < -0.3 is 25.0 Å². The Labute approximate surface area is 189 Å². The molecule has 0 saturated carbocycles. The van der Waals surface area contributed by atoms with Gasteiger partial charge in [0.15, 0.2) is 5.96 Å². The Bertz CT molecular complexity index is 618. The summed E-state index contributed by atoms with van der Waals surface area (Å²) in [6, 6.07) is 8.70. The number of guanidine groups is 1. The number of hydrogen-bond donors (Lipinski definition) is 2. The highest BCUT2D eigenvalue weighted by Crippen LogP contribution is 2.13. The van der Waals surface area contributed by atoms with Crippen LogP contribution in [0.15, 0.2) is 29.3 Å². The molecule has 1 aliphatic rings. The lowest BCUT2D eigenvalue weighted by atomic mass is 10.1. The molecule has 31 heavy (non-hydrogen) atoms. The van der Waals surface area contributed by atoms with Gasteiger partial charge >= 0.3 is 0 Å². The normalized spacial score (nSPS) is 15.9. The van der Waals surface area contributed by atoms with Crippen LogP contribution in [-0.4, -0.2) is 88.5 Å². The molecule has 1 saturated heterocycles. The van der Waals surface area contributed by atoms with Crippen LogP contribution in [0.5, 0.6) is 0 Å². The van der Waals surface area contributed by atoms with Crippen molar-refractivity contribution in [1.29, 1.82) is 0 Å². The molecule has 0 aliphatic carbocycles. The molecule has 1 aliphatic heterocycles. The number of likely N-dealkylation sites (N-methyl/N-ethyl adjacent to an activating group) is 1. The monoisotopic (exact) mass is 433 g/mol. The summed E-state index contributed by atoms with van der Waals surface area (Å²) in [7, 11) is 1.80. The van der Waals surface area contributed by atoms with E-state index in [1.165, 1.54) is 24.2 Å². The molecule has 176 valence electrons. The molecule has 0 aromatic heterocycles. The van der Waals surface area contributed by atoms with Gasteiger partial charge in [-0.3, -0.25) is 9.89 Å². The molecule has 1 aromatic rings. The second kappa shape index (κ2) is 16.0. The fraction of sp³-hybridized carbons (Fsp3) is 0.708. The van der Waals surface area contributed by atoms with Crippen molar-refractivity contribution in [2.45, 2.75) is 39.8 Å². The van der Waals surface area contributed by atoms with Crippen molar-refractivity contribution in [2.75, 3.05) is 72.7 Å². The zero-order valence-electron chi connectivity index (χ0n) is 19.9. The number of benzene rings is 1. The average molecular weight is 434 g/mol. The molecule has 1 heterocycles. The van der Waals surface area contributed by atoms with Crippen molar-refractivity contribution in [3.05, 3.63) is 35.4 Å². The van der Waals surface area contributed by atoms with Crippen molar-refractivity contribution >= 4 is 5.96 Å². The highest BCUT2D eigenvalue weighted by molar-refractivity contribution is 5.79. The Morgan fingerprint density at radius 3 is 2.26 bits per heavy atom. The van der Waals surface area contributed by atoms with Gasteiger partial charge in [0.2, 0.25) is 0 Å². The van der Waals surface area contributed by atoms with Gasteiger partial charge in [0.25, 0.3) is 0 Å². The van der Waals surface area contributed by atoms with Gasteiger partial charge in [-0.2, -0.15) is 0 Å². The van der Waals surface area contributed by atoms with Crippen LogP contribution in [0.25, 0.3) is 0 Å². The minimum Gasteiger partial charge on any atom is -0.379 e. The SMILES string of the molecule is CCCCOCCOCCNC(=NC)NCc1ccccc1CN1CCN(CC)CC1. The number of rotatable bonds is 14. The fourth-order valence-corrected chi connectivity index (χ4v) is 3.60. The van der Waals surface area contributed by atoms with Crippen LogP contribution >= 0.6 is 0 Å². The van der Waals surface area contributed by atoms with E-state index in [0.29, 0.717) is 19.8 Å². The lowest BCUT2D eigenvalue weighted by Crippen LogP contribution is -2.45. The summed E-state index contributed by atoms with van der Waals surface area (Å²) >= 11 is 0. The maximum atomic E-state index is 5.61. The van der Waals surface area contributed by atoms with Crippen molar-refractivity contribution < 1.29 is 9.47 Å². The second-order valence-corrected chi connectivity index (χ2v) is 7.91. The van der Waals surface area contributed by atoms with E-state index < -0.39 is 0 Å². The summed E-state index contributed by atoms with van der Waals surface area (Å²) in [5.74, 6) is 0.800. The molecular weight excluding hydrogens is 390 g/mol. The quantitative estimate of drug-likeness (QED) is 0.267. The molecule has 0 bridgehead atoms. The van der Waals surface area contributed by atoms with Crippen LogP contribution in [0.2, 0.25) is 0 Å². The van der Waals surface area contributed by atoms with Gasteiger partial charge in [-0.05, 0) is 24.1 Å². The first-order chi connectivity index (χ1) is 15.3. The zero-order valence-corrected chi connectivity index (χ0v) is 19.9. The number of nitrogens with zero attached hydrogens (tertiary/aromatic N) is 3. The Hall–Kier alpha value is -1.67. The van der Waals surface area contributed by atoms with E-state index in [1.807, 2.05) is 0 Å². The molecule has 0 unspecified atom stereocenters. The Morgan fingerprint density at radius 1 is 0.903 bits per heavy atom.